The molecule has 0 radical (unpaired) electrons. The Morgan fingerprint density at radius 3 is 1.31 bits per heavy atom. The Hall–Kier alpha value is -0.990. The number of hydrogen-bond acceptors (Lipinski definition) is 0. The van der Waals surface area contributed by atoms with Crippen LogP contribution in [0.5, 0.6) is 0 Å². The number of hydrogen-bond donors (Lipinski definition) is 0. The SMILES string of the molecule is C/C=C(/C)CC.C=C.C=C.CCC(F)(F)F. The Morgan fingerprint density at radius 1 is 1.06 bits per heavy atom. The van der Waals surface area contributed by atoms with Gasteiger partial charge in [-0.25, -0.2) is 0 Å². The van der Waals surface area contributed by atoms with E-state index in [1.807, 2.05) is 0 Å². The van der Waals surface area contributed by atoms with Gasteiger partial charge in [-0.1, -0.05) is 25.5 Å². The van der Waals surface area contributed by atoms with E-state index in [0.717, 1.165) is 6.92 Å². The van der Waals surface area contributed by atoms with Crippen LogP contribution in [0.25, 0.3) is 0 Å². The fourth-order valence-corrected chi connectivity index (χ4v) is 0.204. The van der Waals surface area contributed by atoms with Gasteiger partial charge in [0.05, 0.1) is 0 Å². The lowest BCUT2D eigenvalue weighted by molar-refractivity contribution is -0.130. The monoisotopic (exact) mass is 238 g/mol. The van der Waals surface area contributed by atoms with Crippen LogP contribution in [0.4, 0.5) is 13.2 Å². The summed E-state index contributed by atoms with van der Waals surface area (Å²) in [5, 5.41) is 0. The third-order valence-corrected chi connectivity index (χ3v) is 1.45. The second kappa shape index (κ2) is 19.6. The third-order valence-electron chi connectivity index (χ3n) is 1.45. The van der Waals surface area contributed by atoms with E-state index >= 15 is 0 Å². The first-order valence-corrected chi connectivity index (χ1v) is 5.05. The molecule has 0 spiro atoms. The molecule has 0 amide bonds. The molecule has 0 unspecified atom stereocenters. The van der Waals surface area contributed by atoms with Crippen molar-refractivity contribution in [3.63, 3.8) is 0 Å². The molecular weight excluding hydrogens is 213 g/mol. The van der Waals surface area contributed by atoms with E-state index in [9.17, 15) is 13.2 Å². The summed E-state index contributed by atoms with van der Waals surface area (Å²) >= 11 is 0. The highest BCUT2D eigenvalue weighted by atomic mass is 19.4. The molecule has 0 atom stereocenters. The molecule has 3 heteroatoms. The summed E-state index contributed by atoms with van der Waals surface area (Å²) in [6.45, 7) is 19.5. The highest BCUT2D eigenvalue weighted by Gasteiger charge is 2.22. The van der Waals surface area contributed by atoms with Gasteiger partial charge in [-0.2, -0.15) is 13.2 Å². The van der Waals surface area contributed by atoms with Gasteiger partial charge in [0.1, 0.15) is 0 Å². The molecule has 98 valence electrons. The molecule has 0 fully saturated rings. The van der Waals surface area contributed by atoms with E-state index in [4.69, 9.17) is 0 Å². The first kappa shape index (κ1) is 24.3. The van der Waals surface area contributed by atoms with Crippen molar-refractivity contribution in [1.29, 1.82) is 0 Å². The first-order valence-electron chi connectivity index (χ1n) is 5.05. The van der Waals surface area contributed by atoms with Crippen molar-refractivity contribution in [2.75, 3.05) is 0 Å². The molecule has 0 aliphatic carbocycles. The van der Waals surface area contributed by atoms with Crippen LogP contribution >= 0.6 is 0 Å². The van der Waals surface area contributed by atoms with E-state index in [-0.39, 0.29) is 0 Å². The molecule has 16 heavy (non-hydrogen) atoms. The van der Waals surface area contributed by atoms with Crippen LogP contribution in [0.3, 0.4) is 0 Å². The van der Waals surface area contributed by atoms with Gasteiger partial charge in [-0.3, -0.25) is 0 Å². The van der Waals surface area contributed by atoms with Gasteiger partial charge >= 0.3 is 6.18 Å². The van der Waals surface area contributed by atoms with Gasteiger partial charge in [-0.05, 0) is 20.3 Å². The Morgan fingerprint density at radius 2 is 1.31 bits per heavy atom. The van der Waals surface area contributed by atoms with Crippen LogP contribution < -0.4 is 0 Å². The minimum absolute atomic E-state index is 0.729. The van der Waals surface area contributed by atoms with Crippen molar-refractivity contribution in [2.24, 2.45) is 0 Å². The second-order valence-corrected chi connectivity index (χ2v) is 2.46. The van der Waals surface area contributed by atoms with Crippen LogP contribution in [0.2, 0.25) is 0 Å². The molecule has 0 aromatic heterocycles. The first-order chi connectivity index (χ1) is 7.37. The summed E-state index contributed by atoms with van der Waals surface area (Å²) in [6.07, 6.45) is -1.36. The topological polar surface area (TPSA) is 0 Å². The van der Waals surface area contributed by atoms with Gasteiger partial charge < -0.3 is 0 Å². The maximum Gasteiger partial charge on any atom is 0.388 e. The van der Waals surface area contributed by atoms with Crippen molar-refractivity contribution >= 4 is 0 Å². The average Bonchev–Trinajstić information content (AvgIpc) is 2.33. The van der Waals surface area contributed by atoms with Crippen molar-refractivity contribution in [3.8, 4) is 0 Å². The maximum absolute atomic E-state index is 10.8. The number of rotatable bonds is 1. The van der Waals surface area contributed by atoms with Crippen molar-refractivity contribution in [1.82, 2.24) is 0 Å². The van der Waals surface area contributed by atoms with Gasteiger partial charge in [0.15, 0.2) is 0 Å². The van der Waals surface area contributed by atoms with Gasteiger partial charge in [0, 0.05) is 6.42 Å². The van der Waals surface area contributed by atoms with Crippen LogP contribution in [-0.2, 0) is 0 Å². The molecule has 0 N–H and O–H groups in total. The average molecular weight is 238 g/mol. The molecule has 0 bridgehead atoms. The summed E-state index contributed by atoms with van der Waals surface area (Å²) in [6, 6.07) is 0. The molecule has 0 heterocycles. The van der Waals surface area contributed by atoms with E-state index in [2.05, 4.69) is 53.2 Å². The Bertz CT molecular complexity index is 144. The van der Waals surface area contributed by atoms with Crippen molar-refractivity contribution < 1.29 is 13.2 Å². The summed E-state index contributed by atoms with van der Waals surface area (Å²) in [4.78, 5) is 0. The van der Waals surface area contributed by atoms with Gasteiger partial charge in [0.25, 0.3) is 0 Å². The smallest absolute Gasteiger partial charge is 0.171 e. The second-order valence-electron chi connectivity index (χ2n) is 2.46. The lowest BCUT2D eigenvalue weighted by Crippen LogP contribution is -2.02. The highest BCUT2D eigenvalue weighted by Crippen LogP contribution is 2.17. The fourth-order valence-electron chi connectivity index (χ4n) is 0.204. The molecule has 0 saturated carbocycles. The normalized spacial score (nSPS) is 9.56. The minimum Gasteiger partial charge on any atom is -0.171 e. The minimum atomic E-state index is -3.96. The summed E-state index contributed by atoms with van der Waals surface area (Å²) < 4.78 is 32.4. The fraction of sp³-hybridized carbons (Fsp3) is 0.538. The Kier molecular flexibility index (Phi) is 29.7. The highest BCUT2D eigenvalue weighted by molar-refractivity contribution is 4.93. The van der Waals surface area contributed by atoms with E-state index < -0.39 is 12.6 Å². The van der Waals surface area contributed by atoms with Crippen LogP contribution in [0.15, 0.2) is 38.0 Å². The number of alkyl halides is 3. The zero-order valence-electron chi connectivity index (χ0n) is 11.0. The number of allylic oxidation sites excluding steroid dienone is 2. The quantitative estimate of drug-likeness (QED) is 0.497. The summed E-state index contributed by atoms with van der Waals surface area (Å²) in [5.74, 6) is 0. The molecule has 0 aromatic rings. The molecule has 0 rings (SSSR count). The standard InChI is InChI=1S/C6H12.C3H5F3.2C2H4/c1-4-6(3)5-2;1-2-3(4,5)6;2*1-2/h4H,5H2,1-3H3;2H2,1H3;2*1-2H2/b6-4-;;;. The summed E-state index contributed by atoms with van der Waals surface area (Å²) in [7, 11) is 0. The van der Waals surface area contributed by atoms with Crippen molar-refractivity contribution in [3.05, 3.63) is 38.0 Å². The maximum atomic E-state index is 10.8. The Labute approximate surface area is 98.6 Å². The zero-order chi connectivity index (χ0) is 14.2. The Balaban J connectivity index is -0.0000000686. The van der Waals surface area contributed by atoms with E-state index in [1.165, 1.54) is 12.0 Å². The third kappa shape index (κ3) is 52.0. The van der Waals surface area contributed by atoms with Crippen molar-refractivity contribution in [2.45, 2.75) is 46.7 Å². The van der Waals surface area contributed by atoms with E-state index in [0.29, 0.717) is 0 Å². The predicted molar refractivity (Wildman–Crippen MR) is 68.6 cm³/mol. The largest absolute Gasteiger partial charge is 0.388 e. The number of halogens is 3. The lowest BCUT2D eigenvalue weighted by Gasteiger charge is -1.96. The van der Waals surface area contributed by atoms with Crippen LogP contribution in [0.1, 0.15) is 40.5 Å². The van der Waals surface area contributed by atoms with E-state index in [1.54, 1.807) is 0 Å². The molecule has 0 aliphatic heterocycles. The van der Waals surface area contributed by atoms with Crippen LogP contribution in [-0.4, -0.2) is 6.18 Å². The molecule has 0 saturated heterocycles. The van der Waals surface area contributed by atoms with Gasteiger partial charge in [-0.15, -0.1) is 26.3 Å². The predicted octanol–water partition coefficient (Wildman–Crippen LogP) is 5.93. The van der Waals surface area contributed by atoms with Crippen LogP contribution in [0, 0.1) is 0 Å². The molecule has 0 aliphatic rings. The molecule has 0 nitrogen and oxygen atoms in total. The molecular formula is C13H25F3. The van der Waals surface area contributed by atoms with Gasteiger partial charge in [0.2, 0.25) is 0 Å². The summed E-state index contributed by atoms with van der Waals surface area (Å²) in [5.41, 5.74) is 1.47. The zero-order valence-corrected chi connectivity index (χ0v) is 11.0. The molecule has 0 aromatic carbocycles. The lowest BCUT2D eigenvalue weighted by atomic mass is 10.2.